The Bertz CT molecular complexity index is 573. The molecule has 1 amide bonds. The van der Waals surface area contributed by atoms with Crippen LogP contribution in [0.25, 0.3) is 0 Å². The van der Waals surface area contributed by atoms with Crippen LogP contribution in [0.5, 0.6) is 0 Å². The van der Waals surface area contributed by atoms with Crippen molar-refractivity contribution >= 4 is 17.3 Å². The van der Waals surface area contributed by atoms with Crippen molar-refractivity contribution in [3.8, 4) is 0 Å². The van der Waals surface area contributed by atoms with E-state index in [-0.39, 0.29) is 24.2 Å². The number of nitrogens with one attached hydrogen (secondary N) is 1. The first-order chi connectivity index (χ1) is 11.5. The Hall–Kier alpha value is -2.15. The van der Waals surface area contributed by atoms with Crippen molar-refractivity contribution in [1.29, 1.82) is 0 Å². The number of benzene rings is 1. The van der Waals surface area contributed by atoms with Crippen molar-refractivity contribution in [2.75, 3.05) is 25.0 Å². The molecular weight excluding hydrogens is 308 g/mol. The maximum atomic E-state index is 12.3. The largest absolute Gasteiger partial charge is 0.360 e. The zero-order valence-corrected chi connectivity index (χ0v) is 14.1. The van der Waals surface area contributed by atoms with Gasteiger partial charge in [-0.15, -0.1) is 0 Å². The van der Waals surface area contributed by atoms with E-state index < -0.39 is 4.92 Å². The molecule has 1 aliphatic rings. The molecular formula is C17H26N4O3. The molecule has 24 heavy (non-hydrogen) atoms. The third-order valence-corrected chi connectivity index (χ3v) is 4.69. The summed E-state index contributed by atoms with van der Waals surface area (Å²) in [6.07, 6.45) is 5.83. The van der Waals surface area contributed by atoms with Gasteiger partial charge in [0, 0.05) is 25.7 Å². The van der Waals surface area contributed by atoms with Crippen LogP contribution < -0.4 is 16.0 Å². The number of anilines is 1. The second-order valence-corrected chi connectivity index (χ2v) is 6.41. The summed E-state index contributed by atoms with van der Waals surface area (Å²) in [5.41, 5.74) is 6.27. The molecule has 1 aromatic carbocycles. The number of amides is 1. The Balaban J connectivity index is 1.97. The average molecular weight is 334 g/mol. The molecule has 1 saturated carbocycles. The standard InChI is InChI=1S/C17H26N4O3/c1-20(15-9-5-6-10-16(15)21(23)24)12-17(22)19-14(11-18)13-7-3-2-4-8-13/h5-6,9-10,13-14H,2-4,7-8,11-12,18H2,1H3,(H,19,22). The molecule has 0 spiro atoms. The Kier molecular flexibility index (Phi) is 6.54. The van der Waals surface area contributed by atoms with E-state index in [9.17, 15) is 14.9 Å². The van der Waals surface area contributed by atoms with Crippen LogP contribution in [0, 0.1) is 16.0 Å². The number of para-hydroxylation sites is 2. The number of rotatable bonds is 7. The van der Waals surface area contributed by atoms with Gasteiger partial charge < -0.3 is 16.0 Å². The van der Waals surface area contributed by atoms with Crippen LogP contribution in [0.4, 0.5) is 11.4 Å². The number of nitrogens with two attached hydrogens (primary N) is 1. The molecule has 0 saturated heterocycles. The molecule has 0 bridgehead atoms. The number of carbonyl (C=O) groups excluding carboxylic acids is 1. The van der Waals surface area contributed by atoms with Crippen molar-refractivity contribution in [2.24, 2.45) is 11.7 Å². The Morgan fingerprint density at radius 1 is 1.38 bits per heavy atom. The third-order valence-electron chi connectivity index (χ3n) is 4.69. The Morgan fingerprint density at radius 3 is 2.67 bits per heavy atom. The lowest BCUT2D eigenvalue weighted by Gasteiger charge is -2.30. The molecule has 7 nitrogen and oxygen atoms in total. The quantitative estimate of drug-likeness (QED) is 0.587. The fraction of sp³-hybridized carbons (Fsp3) is 0.588. The number of nitrogens with zero attached hydrogens (tertiary/aromatic N) is 2. The minimum atomic E-state index is -0.436. The zero-order valence-electron chi connectivity index (χ0n) is 14.1. The van der Waals surface area contributed by atoms with Crippen molar-refractivity contribution in [3.05, 3.63) is 34.4 Å². The third kappa shape index (κ3) is 4.67. The van der Waals surface area contributed by atoms with Crippen molar-refractivity contribution in [3.63, 3.8) is 0 Å². The zero-order chi connectivity index (χ0) is 17.5. The highest BCUT2D eigenvalue weighted by atomic mass is 16.6. The molecule has 1 atom stereocenters. The van der Waals surface area contributed by atoms with Gasteiger partial charge in [-0.2, -0.15) is 0 Å². The van der Waals surface area contributed by atoms with Gasteiger partial charge in [0.2, 0.25) is 5.91 Å². The van der Waals surface area contributed by atoms with Gasteiger partial charge in [0.1, 0.15) is 5.69 Å². The van der Waals surface area contributed by atoms with E-state index in [2.05, 4.69) is 5.32 Å². The lowest BCUT2D eigenvalue weighted by Crippen LogP contribution is -2.48. The van der Waals surface area contributed by atoms with Crippen LogP contribution in [0.3, 0.4) is 0 Å². The van der Waals surface area contributed by atoms with Crippen LogP contribution in [0.1, 0.15) is 32.1 Å². The van der Waals surface area contributed by atoms with E-state index in [1.165, 1.54) is 25.3 Å². The summed E-state index contributed by atoms with van der Waals surface area (Å²) < 4.78 is 0. The summed E-state index contributed by atoms with van der Waals surface area (Å²) in [7, 11) is 1.68. The summed E-state index contributed by atoms with van der Waals surface area (Å²) in [6.45, 7) is 0.486. The summed E-state index contributed by atoms with van der Waals surface area (Å²) in [6, 6.07) is 6.41. The summed E-state index contributed by atoms with van der Waals surface area (Å²) in [4.78, 5) is 24.6. The van der Waals surface area contributed by atoms with E-state index in [4.69, 9.17) is 5.73 Å². The van der Waals surface area contributed by atoms with Gasteiger partial charge in [0.05, 0.1) is 11.5 Å². The summed E-state index contributed by atoms with van der Waals surface area (Å²) >= 11 is 0. The average Bonchev–Trinajstić information content (AvgIpc) is 2.60. The molecule has 0 radical (unpaired) electrons. The number of nitro groups is 1. The Labute approximate surface area is 142 Å². The highest BCUT2D eigenvalue weighted by Gasteiger charge is 2.25. The molecule has 2 rings (SSSR count). The predicted octanol–water partition coefficient (Wildman–Crippen LogP) is 2.05. The minimum Gasteiger partial charge on any atom is -0.360 e. The van der Waals surface area contributed by atoms with Gasteiger partial charge in [-0.1, -0.05) is 31.4 Å². The molecule has 1 fully saturated rings. The van der Waals surface area contributed by atoms with E-state index >= 15 is 0 Å². The fourth-order valence-electron chi connectivity index (χ4n) is 3.40. The number of likely N-dealkylation sites (N-methyl/N-ethyl adjacent to an activating group) is 1. The summed E-state index contributed by atoms with van der Waals surface area (Å²) in [5.74, 6) is 0.278. The van der Waals surface area contributed by atoms with Crippen molar-refractivity contribution < 1.29 is 9.72 Å². The first kappa shape index (κ1) is 18.2. The van der Waals surface area contributed by atoms with Gasteiger partial charge in [-0.05, 0) is 24.8 Å². The summed E-state index contributed by atoms with van der Waals surface area (Å²) in [5, 5.41) is 14.1. The van der Waals surface area contributed by atoms with Crippen LogP contribution >= 0.6 is 0 Å². The molecule has 1 aromatic rings. The molecule has 3 N–H and O–H groups in total. The van der Waals surface area contributed by atoms with Crippen LogP contribution in [0.15, 0.2) is 24.3 Å². The van der Waals surface area contributed by atoms with E-state index in [1.807, 2.05) is 0 Å². The molecule has 0 aromatic heterocycles. The van der Waals surface area contributed by atoms with E-state index in [1.54, 1.807) is 30.1 Å². The van der Waals surface area contributed by atoms with E-state index in [0.29, 0.717) is 18.2 Å². The second kappa shape index (κ2) is 8.63. The number of carbonyl (C=O) groups is 1. The van der Waals surface area contributed by atoms with Gasteiger partial charge in [-0.3, -0.25) is 14.9 Å². The SMILES string of the molecule is CN(CC(=O)NC(CN)C1CCCCC1)c1ccccc1[N+](=O)[O-]. The van der Waals surface area contributed by atoms with Gasteiger partial charge >= 0.3 is 0 Å². The van der Waals surface area contributed by atoms with Crippen molar-refractivity contribution in [2.45, 2.75) is 38.1 Å². The molecule has 1 unspecified atom stereocenters. The highest BCUT2D eigenvalue weighted by molar-refractivity contribution is 5.82. The molecule has 0 heterocycles. The van der Waals surface area contributed by atoms with Gasteiger partial charge in [-0.25, -0.2) is 0 Å². The smallest absolute Gasteiger partial charge is 0.292 e. The highest BCUT2D eigenvalue weighted by Crippen LogP contribution is 2.27. The first-order valence-corrected chi connectivity index (χ1v) is 8.47. The normalized spacial score (nSPS) is 16.4. The molecule has 0 aliphatic heterocycles. The molecule has 132 valence electrons. The monoisotopic (exact) mass is 334 g/mol. The lowest BCUT2D eigenvalue weighted by atomic mass is 9.84. The van der Waals surface area contributed by atoms with Crippen LogP contribution in [-0.4, -0.2) is 37.0 Å². The number of hydrogen-bond donors (Lipinski definition) is 2. The molecule has 1 aliphatic carbocycles. The second-order valence-electron chi connectivity index (χ2n) is 6.41. The van der Waals surface area contributed by atoms with Gasteiger partial charge in [0.15, 0.2) is 0 Å². The molecule has 7 heteroatoms. The lowest BCUT2D eigenvalue weighted by molar-refractivity contribution is -0.384. The Morgan fingerprint density at radius 2 is 2.04 bits per heavy atom. The number of hydrogen-bond acceptors (Lipinski definition) is 5. The maximum Gasteiger partial charge on any atom is 0.292 e. The number of nitro benzene ring substituents is 1. The predicted molar refractivity (Wildman–Crippen MR) is 93.9 cm³/mol. The van der Waals surface area contributed by atoms with Crippen LogP contribution in [-0.2, 0) is 4.79 Å². The van der Waals surface area contributed by atoms with Gasteiger partial charge in [0.25, 0.3) is 5.69 Å². The minimum absolute atomic E-state index is 0.00421. The van der Waals surface area contributed by atoms with Crippen molar-refractivity contribution in [1.82, 2.24) is 5.32 Å². The topological polar surface area (TPSA) is 102 Å². The van der Waals surface area contributed by atoms with Crippen LogP contribution in [0.2, 0.25) is 0 Å². The van der Waals surface area contributed by atoms with E-state index in [0.717, 1.165) is 12.8 Å². The fourth-order valence-corrected chi connectivity index (χ4v) is 3.40. The first-order valence-electron chi connectivity index (χ1n) is 8.47. The maximum absolute atomic E-state index is 12.3.